The molecule has 0 aromatic carbocycles. The minimum Gasteiger partial charge on any atom is -0.467 e. The summed E-state index contributed by atoms with van der Waals surface area (Å²) in [5, 5.41) is 8.58. The van der Waals surface area contributed by atoms with Crippen molar-refractivity contribution in [2.75, 3.05) is 6.54 Å². The van der Waals surface area contributed by atoms with Crippen LogP contribution in [0.5, 0.6) is 5.88 Å². The number of halogens is 1. The highest BCUT2D eigenvalue weighted by Crippen LogP contribution is 2.34. The van der Waals surface area contributed by atoms with Gasteiger partial charge in [-0.3, -0.25) is 4.90 Å². The van der Waals surface area contributed by atoms with Gasteiger partial charge in [-0.25, -0.2) is 9.37 Å². The van der Waals surface area contributed by atoms with Crippen molar-refractivity contribution in [2.24, 2.45) is 0 Å². The van der Waals surface area contributed by atoms with E-state index in [-0.39, 0.29) is 18.5 Å². The van der Waals surface area contributed by atoms with Crippen molar-refractivity contribution >= 4 is 0 Å². The monoisotopic (exact) mass is 317 g/mol. The van der Waals surface area contributed by atoms with Crippen molar-refractivity contribution in [3.05, 3.63) is 35.8 Å². The third-order valence-electron chi connectivity index (χ3n) is 4.92. The number of fused-ring (bicyclic) bond motifs is 1. The molecule has 1 aliphatic heterocycles. The Balaban J connectivity index is 1.49. The molecule has 0 unspecified atom stereocenters. The van der Waals surface area contributed by atoms with Crippen LogP contribution in [0, 0.1) is 5.82 Å². The van der Waals surface area contributed by atoms with Gasteiger partial charge in [0.25, 0.3) is 5.88 Å². The highest BCUT2D eigenvalue weighted by molar-refractivity contribution is 5.13. The largest absolute Gasteiger partial charge is 0.467 e. The van der Waals surface area contributed by atoms with Crippen LogP contribution in [0.1, 0.15) is 43.9 Å². The van der Waals surface area contributed by atoms with Gasteiger partial charge in [0.15, 0.2) is 11.6 Å². The lowest BCUT2D eigenvalue weighted by atomic mass is 9.90. The second-order valence-corrected chi connectivity index (χ2v) is 6.20. The molecule has 2 aromatic rings. The minimum atomic E-state index is -0.463. The highest BCUT2D eigenvalue weighted by Gasteiger charge is 2.35. The Morgan fingerprint density at radius 2 is 2.17 bits per heavy atom. The Morgan fingerprint density at radius 3 is 2.91 bits per heavy atom. The van der Waals surface area contributed by atoms with E-state index in [0.29, 0.717) is 6.04 Å². The van der Waals surface area contributed by atoms with Gasteiger partial charge in [0, 0.05) is 25.3 Å². The van der Waals surface area contributed by atoms with Gasteiger partial charge in [0.05, 0.1) is 6.04 Å². The fourth-order valence-electron chi connectivity index (χ4n) is 3.39. The molecule has 0 radical (unpaired) electrons. The summed E-state index contributed by atoms with van der Waals surface area (Å²) in [4.78, 5) is 6.42. The van der Waals surface area contributed by atoms with Gasteiger partial charge in [-0.2, -0.15) is 0 Å². The number of hydrogen-bond donors (Lipinski definition) is 0. The number of nitrogens with zero attached hydrogens (tertiary/aromatic N) is 5. The quantitative estimate of drug-likeness (QED) is 0.866. The number of rotatable bonds is 4. The van der Waals surface area contributed by atoms with Gasteiger partial charge in [-0.05, 0) is 31.9 Å². The zero-order valence-electron chi connectivity index (χ0n) is 13.2. The Morgan fingerprint density at radius 1 is 1.30 bits per heavy atom. The summed E-state index contributed by atoms with van der Waals surface area (Å²) in [6, 6.07) is 3.83. The predicted molar refractivity (Wildman–Crippen MR) is 81.3 cm³/mol. The van der Waals surface area contributed by atoms with E-state index in [1.807, 2.05) is 0 Å². The summed E-state index contributed by atoms with van der Waals surface area (Å²) in [7, 11) is 0. The summed E-state index contributed by atoms with van der Waals surface area (Å²) in [6.45, 7) is 4.21. The van der Waals surface area contributed by atoms with Crippen molar-refractivity contribution in [3.63, 3.8) is 0 Å². The van der Waals surface area contributed by atoms with E-state index < -0.39 is 5.82 Å². The zero-order chi connectivity index (χ0) is 15.8. The number of ether oxygens (including phenoxy) is 1. The molecule has 3 heterocycles. The fraction of sp³-hybridized carbons (Fsp3) is 0.562. The van der Waals surface area contributed by atoms with Gasteiger partial charge in [0.1, 0.15) is 12.4 Å². The summed E-state index contributed by atoms with van der Waals surface area (Å²) in [5.74, 6) is 1.24. The first-order valence-electron chi connectivity index (χ1n) is 8.15. The summed E-state index contributed by atoms with van der Waals surface area (Å²) in [5.41, 5.74) is 0. The van der Waals surface area contributed by atoms with Gasteiger partial charge >= 0.3 is 0 Å². The lowest BCUT2D eigenvalue weighted by Crippen LogP contribution is -2.47. The molecule has 1 saturated carbocycles. The molecule has 7 heteroatoms. The number of hydrogen-bond acceptors (Lipinski definition) is 5. The topological polar surface area (TPSA) is 56.1 Å². The van der Waals surface area contributed by atoms with Crippen LogP contribution < -0.4 is 4.74 Å². The van der Waals surface area contributed by atoms with Crippen LogP contribution in [0.2, 0.25) is 0 Å². The molecule has 0 spiro atoms. The molecule has 0 N–H and O–H groups in total. The molecule has 122 valence electrons. The molecular weight excluding hydrogens is 297 g/mol. The van der Waals surface area contributed by atoms with Crippen LogP contribution in [0.4, 0.5) is 4.39 Å². The molecule has 23 heavy (non-hydrogen) atoms. The number of aromatic nitrogens is 4. The van der Waals surface area contributed by atoms with Crippen LogP contribution in [0.25, 0.3) is 0 Å². The third-order valence-corrected chi connectivity index (χ3v) is 4.92. The van der Waals surface area contributed by atoms with E-state index in [4.69, 9.17) is 4.74 Å². The van der Waals surface area contributed by atoms with E-state index in [2.05, 4.69) is 31.6 Å². The molecular formula is C16H20FN5O. The predicted octanol–water partition coefficient (Wildman–Crippen LogP) is 2.32. The average molecular weight is 317 g/mol. The molecule has 2 aliphatic rings. The van der Waals surface area contributed by atoms with Crippen molar-refractivity contribution < 1.29 is 9.13 Å². The number of pyridine rings is 1. The van der Waals surface area contributed by atoms with E-state index in [0.717, 1.165) is 24.7 Å². The maximum Gasteiger partial charge on any atom is 0.250 e. The molecule has 2 aromatic heterocycles. The average Bonchev–Trinajstić information content (AvgIpc) is 2.91. The first-order chi connectivity index (χ1) is 11.2. The summed E-state index contributed by atoms with van der Waals surface area (Å²) < 4.78 is 21.1. The van der Waals surface area contributed by atoms with Crippen LogP contribution in [-0.2, 0) is 13.2 Å². The SMILES string of the molecule is C[C@H]1c2nnc(COc3ncccc3F)n2CCN1C1CCC1. The molecule has 1 aliphatic carbocycles. The summed E-state index contributed by atoms with van der Waals surface area (Å²) in [6.07, 6.45) is 5.41. The van der Waals surface area contributed by atoms with Crippen molar-refractivity contribution in [2.45, 2.75) is 51.4 Å². The van der Waals surface area contributed by atoms with E-state index in [9.17, 15) is 4.39 Å². The second-order valence-electron chi connectivity index (χ2n) is 6.20. The molecule has 0 amide bonds. The second kappa shape index (κ2) is 5.88. The lowest BCUT2D eigenvalue weighted by molar-refractivity contribution is 0.0601. The minimum absolute atomic E-state index is 0.00445. The van der Waals surface area contributed by atoms with E-state index in [1.165, 1.54) is 37.6 Å². The van der Waals surface area contributed by atoms with Crippen molar-refractivity contribution in [3.8, 4) is 5.88 Å². The first kappa shape index (κ1) is 14.6. The Hall–Kier alpha value is -2.02. The van der Waals surface area contributed by atoms with Crippen LogP contribution in [0.3, 0.4) is 0 Å². The molecule has 4 rings (SSSR count). The summed E-state index contributed by atoms with van der Waals surface area (Å²) >= 11 is 0. The molecule has 1 atom stereocenters. The van der Waals surface area contributed by atoms with Crippen LogP contribution in [0.15, 0.2) is 18.3 Å². The van der Waals surface area contributed by atoms with Crippen LogP contribution >= 0.6 is 0 Å². The smallest absolute Gasteiger partial charge is 0.250 e. The maximum atomic E-state index is 13.6. The highest BCUT2D eigenvalue weighted by atomic mass is 19.1. The molecule has 6 nitrogen and oxygen atoms in total. The molecule has 0 saturated heterocycles. The van der Waals surface area contributed by atoms with Crippen LogP contribution in [-0.4, -0.2) is 37.2 Å². The normalized spacial score (nSPS) is 21.7. The lowest BCUT2D eigenvalue weighted by Gasteiger charge is -2.43. The van der Waals surface area contributed by atoms with Gasteiger partial charge < -0.3 is 9.30 Å². The zero-order valence-corrected chi connectivity index (χ0v) is 13.2. The first-order valence-corrected chi connectivity index (χ1v) is 8.15. The maximum absolute atomic E-state index is 13.6. The van der Waals surface area contributed by atoms with E-state index in [1.54, 1.807) is 0 Å². The molecule has 0 bridgehead atoms. The Bertz CT molecular complexity index is 700. The van der Waals surface area contributed by atoms with E-state index >= 15 is 0 Å². The van der Waals surface area contributed by atoms with Gasteiger partial charge in [0.2, 0.25) is 0 Å². The van der Waals surface area contributed by atoms with Gasteiger partial charge in [-0.1, -0.05) is 6.42 Å². The Labute approximate surface area is 134 Å². The van der Waals surface area contributed by atoms with Crippen molar-refractivity contribution in [1.82, 2.24) is 24.6 Å². The van der Waals surface area contributed by atoms with Crippen molar-refractivity contribution in [1.29, 1.82) is 0 Å². The standard InChI is InChI=1S/C16H20FN5O/c1-11-15-20-19-14(10-23-16-13(17)6-3-7-18-16)22(15)9-8-21(11)12-4-2-5-12/h3,6-7,11-12H,2,4-5,8-10H2,1H3/t11-/m0/s1. The molecule has 1 fully saturated rings. The van der Waals surface area contributed by atoms with Gasteiger partial charge in [-0.15, -0.1) is 10.2 Å². The fourth-order valence-corrected chi connectivity index (χ4v) is 3.39. The Kier molecular flexibility index (Phi) is 3.72. The third kappa shape index (κ3) is 2.59.